The van der Waals surface area contributed by atoms with Crippen LogP contribution in [0.15, 0.2) is 24.3 Å². The molecule has 1 N–H and O–H groups in total. The molecule has 116 valence electrons. The van der Waals surface area contributed by atoms with Gasteiger partial charge in [0, 0.05) is 17.1 Å². The third-order valence-corrected chi connectivity index (χ3v) is 6.99. The highest BCUT2D eigenvalue weighted by molar-refractivity contribution is 6.30. The molecule has 0 aromatic heterocycles. The van der Waals surface area contributed by atoms with E-state index in [0.29, 0.717) is 22.9 Å². The van der Waals surface area contributed by atoms with Crippen molar-refractivity contribution in [2.45, 2.75) is 65.5 Å². The minimum absolute atomic E-state index is 0.464. The van der Waals surface area contributed by atoms with Crippen molar-refractivity contribution in [2.75, 3.05) is 0 Å². The van der Waals surface area contributed by atoms with Crippen molar-refractivity contribution in [2.24, 2.45) is 16.7 Å². The maximum absolute atomic E-state index is 5.96. The van der Waals surface area contributed by atoms with Crippen molar-refractivity contribution in [3.63, 3.8) is 0 Å². The zero-order valence-corrected chi connectivity index (χ0v) is 14.5. The SMILES string of the molecule is CC(Cc1ccc(Cl)cc1)NC1CC2CCC1(C)C2(C)C. The zero-order valence-electron chi connectivity index (χ0n) is 13.7. The fraction of sp³-hybridized carbons (Fsp3) is 0.684. The van der Waals surface area contributed by atoms with Crippen LogP contribution in [0.4, 0.5) is 0 Å². The second-order valence-electron chi connectivity index (χ2n) is 8.06. The standard InChI is InChI=1S/C19H28ClN/c1-13(11-14-5-7-16(20)8-6-14)21-17-12-15-9-10-19(17,4)18(15,2)3/h5-8,13,15,17,21H,9-12H2,1-4H3. The Kier molecular flexibility index (Phi) is 3.86. The predicted molar refractivity (Wildman–Crippen MR) is 90.8 cm³/mol. The second-order valence-corrected chi connectivity index (χ2v) is 8.50. The summed E-state index contributed by atoms with van der Waals surface area (Å²) in [5, 5.41) is 4.76. The topological polar surface area (TPSA) is 12.0 Å². The normalized spacial score (nSPS) is 35.1. The van der Waals surface area contributed by atoms with Gasteiger partial charge in [-0.2, -0.15) is 0 Å². The lowest BCUT2D eigenvalue weighted by molar-refractivity contribution is 0.116. The molecule has 4 atom stereocenters. The van der Waals surface area contributed by atoms with Crippen LogP contribution in [0.3, 0.4) is 0 Å². The van der Waals surface area contributed by atoms with Crippen LogP contribution in [0.2, 0.25) is 5.02 Å². The minimum Gasteiger partial charge on any atom is -0.311 e. The van der Waals surface area contributed by atoms with Crippen LogP contribution in [0, 0.1) is 16.7 Å². The van der Waals surface area contributed by atoms with Crippen LogP contribution in [0.25, 0.3) is 0 Å². The van der Waals surface area contributed by atoms with E-state index >= 15 is 0 Å². The van der Waals surface area contributed by atoms with E-state index in [1.807, 2.05) is 12.1 Å². The van der Waals surface area contributed by atoms with Gasteiger partial charge in [0.25, 0.3) is 0 Å². The third kappa shape index (κ3) is 2.53. The number of halogens is 1. The molecule has 0 aliphatic heterocycles. The van der Waals surface area contributed by atoms with E-state index in [0.717, 1.165) is 17.4 Å². The quantitative estimate of drug-likeness (QED) is 0.818. The summed E-state index contributed by atoms with van der Waals surface area (Å²) in [4.78, 5) is 0. The van der Waals surface area contributed by atoms with Gasteiger partial charge in [-0.3, -0.25) is 0 Å². The van der Waals surface area contributed by atoms with E-state index in [1.54, 1.807) is 0 Å². The highest BCUT2D eigenvalue weighted by Crippen LogP contribution is 2.65. The molecule has 2 heteroatoms. The molecule has 2 aliphatic carbocycles. The molecule has 4 unspecified atom stereocenters. The summed E-state index contributed by atoms with van der Waals surface area (Å²) in [7, 11) is 0. The molecular weight excluding hydrogens is 278 g/mol. The van der Waals surface area contributed by atoms with Crippen molar-refractivity contribution < 1.29 is 0 Å². The minimum atomic E-state index is 0.464. The summed E-state index contributed by atoms with van der Waals surface area (Å²) in [6, 6.07) is 9.47. The molecule has 0 radical (unpaired) electrons. The molecule has 2 saturated carbocycles. The summed E-state index contributed by atoms with van der Waals surface area (Å²) >= 11 is 5.96. The van der Waals surface area contributed by atoms with E-state index < -0.39 is 0 Å². The van der Waals surface area contributed by atoms with Crippen LogP contribution in [0.1, 0.15) is 52.5 Å². The van der Waals surface area contributed by atoms with Crippen LogP contribution in [-0.4, -0.2) is 12.1 Å². The fourth-order valence-corrected chi connectivity index (χ4v) is 4.96. The first-order chi connectivity index (χ1) is 9.83. The number of nitrogens with one attached hydrogen (secondary N) is 1. The Labute approximate surface area is 134 Å². The summed E-state index contributed by atoms with van der Waals surface area (Å²) in [5.74, 6) is 0.905. The van der Waals surface area contributed by atoms with Gasteiger partial charge in [0.15, 0.2) is 0 Å². The van der Waals surface area contributed by atoms with E-state index in [9.17, 15) is 0 Å². The molecule has 1 aromatic rings. The van der Waals surface area contributed by atoms with E-state index in [1.165, 1.54) is 24.8 Å². The van der Waals surface area contributed by atoms with Crippen LogP contribution < -0.4 is 5.32 Å². The first-order valence-corrected chi connectivity index (χ1v) is 8.71. The zero-order chi connectivity index (χ0) is 15.3. The summed E-state index contributed by atoms with van der Waals surface area (Å²) in [6.07, 6.45) is 5.24. The highest BCUT2D eigenvalue weighted by atomic mass is 35.5. The summed E-state index contributed by atoms with van der Waals surface area (Å²) in [5.41, 5.74) is 2.32. The molecule has 1 aromatic carbocycles. The van der Waals surface area contributed by atoms with Gasteiger partial charge >= 0.3 is 0 Å². The monoisotopic (exact) mass is 305 g/mol. The number of fused-ring (bicyclic) bond motifs is 2. The van der Waals surface area contributed by atoms with Crippen molar-refractivity contribution in [3.05, 3.63) is 34.9 Å². The number of benzene rings is 1. The van der Waals surface area contributed by atoms with E-state index in [2.05, 4.69) is 45.1 Å². The molecule has 0 amide bonds. The average Bonchev–Trinajstić information content (AvgIpc) is 2.74. The van der Waals surface area contributed by atoms with Crippen LogP contribution >= 0.6 is 11.6 Å². The highest BCUT2D eigenvalue weighted by Gasteiger charge is 2.61. The lowest BCUT2D eigenvalue weighted by Gasteiger charge is -2.40. The maximum Gasteiger partial charge on any atom is 0.0406 e. The van der Waals surface area contributed by atoms with E-state index in [-0.39, 0.29) is 0 Å². The van der Waals surface area contributed by atoms with E-state index in [4.69, 9.17) is 11.6 Å². The number of rotatable bonds is 4. The molecule has 21 heavy (non-hydrogen) atoms. The Hall–Kier alpha value is -0.530. The first kappa shape index (κ1) is 15.4. The van der Waals surface area contributed by atoms with Crippen molar-refractivity contribution in [1.82, 2.24) is 5.32 Å². The van der Waals surface area contributed by atoms with Gasteiger partial charge in [-0.1, -0.05) is 44.5 Å². The van der Waals surface area contributed by atoms with Crippen molar-refractivity contribution in [1.29, 1.82) is 0 Å². The van der Waals surface area contributed by atoms with Gasteiger partial charge < -0.3 is 5.32 Å². The largest absolute Gasteiger partial charge is 0.311 e. The van der Waals surface area contributed by atoms with Gasteiger partial charge in [-0.15, -0.1) is 0 Å². The Morgan fingerprint density at radius 3 is 2.43 bits per heavy atom. The molecule has 0 saturated heterocycles. The van der Waals surface area contributed by atoms with Gasteiger partial charge in [0.1, 0.15) is 0 Å². The summed E-state index contributed by atoms with van der Waals surface area (Å²) in [6.45, 7) is 9.79. The van der Waals surface area contributed by atoms with Gasteiger partial charge in [-0.05, 0) is 67.1 Å². The van der Waals surface area contributed by atoms with Crippen LogP contribution in [0.5, 0.6) is 0 Å². The van der Waals surface area contributed by atoms with Gasteiger partial charge in [0.2, 0.25) is 0 Å². The predicted octanol–water partition coefficient (Wildman–Crippen LogP) is 5.08. The van der Waals surface area contributed by atoms with Gasteiger partial charge in [0.05, 0.1) is 0 Å². The molecule has 2 fully saturated rings. The van der Waals surface area contributed by atoms with Crippen molar-refractivity contribution >= 4 is 11.6 Å². The molecule has 3 rings (SSSR count). The number of hydrogen-bond donors (Lipinski definition) is 1. The molecule has 0 heterocycles. The van der Waals surface area contributed by atoms with Gasteiger partial charge in [-0.25, -0.2) is 0 Å². The Bertz CT molecular complexity index is 507. The Morgan fingerprint density at radius 2 is 1.90 bits per heavy atom. The van der Waals surface area contributed by atoms with Crippen LogP contribution in [-0.2, 0) is 6.42 Å². The maximum atomic E-state index is 5.96. The molecule has 0 spiro atoms. The average molecular weight is 306 g/mol. The first-order valence-electron chi connectivity index (χ1n) is 8.33. The molecule has 2 bridgehead atoms. The fourth-order valence-electron chi connectivity index (χ4n) is 4.83. The lowest BCUT2D eigenvalue weighted by atomic mass is 9.69. The molecular formula is C19H28ClN. The lowest BCUT2D eigenvalue weighted by Crippen LogP contribution is -2.48. The number of hydrogen-bond acceptors (Lipinski definition) is 1. The Balaban J connectivity index is 1.64. The molecule has 2 aliphatic rings. The Morgan fingerprint density at radius 1 is 1.24 bits per heavy atom. The molecule has 1 nitrogen and oxygen atoms in total. The van der Waals surface area contributed by atoms with Crippen molar-refractivity contribution in [3.8, 4) is 0 Å². The summed E-state index contributed by atoms with van der Waals surface area (Å²) < 4.78 is 0. The smallest absolute Gasteiger partial charge is 0.0406 e. The third-order valence-electron chi connectivity index (χ3n) is 6.73. The second kappa shape index (κ2) is 5.28.